The first kappa shape index (κ1) is 19.0. The van der Waals surface area contributed by atoms with Gasteiger partial charge < -0.3 is 18.4 Å². The Morgan fingerprint density at radius 3 is 2.70 bits per heavy atom. The van der Waals surface area contributed by atoms with Gasteiger partial charge in [-0.3, -0.25) is 0 Å². The fraction of sp³-hybridized carbons (Fsp3) is 0.200. The largest absolute Gasteiger partial charge is 0.454 e. The summed E-state index contributed by atoms with van der Waals surface area (Å²) in [5.41, 5.74) is 1.66. The van der Waals surface area contributed by atoms with Crippen LogP contribution in [0.15, 0.2) is 56.6 Å². The summed E-state index contributed by atoms with van der Waals surface area (Å²) in [5, 5.41) is 13.4. The number of rotatable bonds is 7. The quantitative estimate of drug-likeness (QED) is 0.292. The zero-order valence-corrected chi connectivity index (χ0v) is 17.2. The summed E-state index contributed by atoms with van der Waals surface area (Å²) in [7, 11) is 0. The topological polar surface area (TPSA) is 96.3 Å². The van der Waals surface area contributed by atoms with Crippen LogP contribution in [0.5, 0.6) is 11.5 Å². The minimum Gasteiger partial charge on any atom is -0.454 e. The third-order valence-corrected chi connectivity index (χ3v) is 5.51. The lowest BCUT2D eigenvalue weighted by Gasteiger charge is -1.98. The number of hydrogen-bond acceptors (Lipinski definition) is 9. The Bertz CT molecular complexity index is 1160. The number of benzene rings is 2. The van der Waals surface area contributed by atoms with Crippen molar-refractivity contribution in [1.82, 2.24) is 20.3 Å². The maximum atomic E-state index is 5.90. The van der Waals surface area contributed by atoms with Gasteiger partial charge in [0.05, 0.1) is 0 Å². The van der Waals surface area contributed by atoms with Crippen molar-refractivity contribution in [3.8, 4) is 34.3 Å². The summed E-state index contributed by atoms with van der Waals surface area (Å²) in [6.45, 7) is 0.227. The fourth-order valence-corrected chi connectivity index (χ4v) is 3.70. The Balaban J connectivity index is 1.13. The zero-order chi connectivity index (χ0) is 20.3. The SMILES string of the molecule is Clc1ccc(-c2noc(CCCSc3nnc(-c4ccc5c(c4)OCO5)o3)n2)cc1. The van der Waals surface area contributed by atoms with E-state index >= 15 is 0 Å². The van der Waals surface area contributed by atoms with Crippen LogP contribution in [-0.4, -0.2) is 32.9 Å². The van der Waals surface area contributed by atoms with Crippen molar-refractivity contribution in [3.63, 3.8) is 0 Å². The predicted octanol–water partition coefficient (Wildman–Crippen LogP) is 4.89. The first-order valence-electron chi connectivity index (χ1n) is 9.19. The maximum Gasteiger partial charge on any atom is 0.276 e. The molecule has 0 N–H and O–H groups in total. The van der Waals surface area contributed by atoms with E-state index in [0.717, 1.165) is 23.3 Å². The molecule has 0 atom stereocenters. The number of halogens is 1. The number of aromatic nitrogens is 4. The van der Waals surface area contributed by atoms with Gasteiger partial charge in [0, 0.05) is 28.3 Å². The molecule has 0 aliphatic carbocycles. The molecule has 152 valence electrons. The van der Waals surface area contributed by atoms with Crippen LogP contribution in [0.3, 0.4) is 0 Å². The van der Waals surface area contributed by atoms with Crippen LogP contribution in [0, 0.1) is 0 Å². The fourth-order valence-electron chi connectivity index (χ4n) is 2.87. The average molecular weight is 443 g/mol. The molecule has 0 saturated carbocycles. The molecule has 0 amide bonds. The summed E-state index contributed by atoms with van der Waals surface area (Å²) in [6.07, 6.45) is 1.49. The van der Waals surface area contributed by atoms with Gasteiger partial charge in [-0.15, -0.1) is 10.2 Å². The molecule has 0 spiro atoms. The minimum atomic E-state index is 0.227. The number of hydrogen-bond donors (Lipinski definition) is 0. The van der Waals surface area contributed by atoms with Gasteiger partial charge in [-0.25, -0.2) is 0 Å². The molecule has 30 heavy (non-hydrogen) atoms. The summed E-state index contributed by atoms with van der Waals surface area (Å²) in [5.74, 6) is 3.76. The smallest absolute Gasteiger partial charge is 0.276 e. The van der Waals surface area contributed by atoms with Crippen LogP contribution in [-0.2, 0) is 6.42 Å². The van der Waals surface area contributed by atoms with Gasteiger partial charge in [-0.1, -0.05) is 28.5 Å². The van der Waals surface area contributed by atoms with Gasteiger partial charge in [-0.05, 0) is 48.9 Å². The standard InChI is InChI=1S/C20H15ClN4O4S/c21-14-6-3-12(4-7-14)18-22-17(29-25-18)2-1-9-30-20-24-23-19(28-20)13-5-8-15-16(10-13)27-11-26-15/h3-8,10H,1-2,9,11H2. The van der Waals surface area contributed by atoms with Crippen LogP contribution in [0.25, 0.3) is 22.8 Å². The van der Waals surface area contributed by atoms with Crippen LogP contribution in [0.1, 0.15) is 12.3 Å². The summed E-state index contributed by atoms with van der Waals surface area (Å²) in [6, 6.07) is 12.8. The molecule has 8 nitrogen and oxygen atoms in total. The first-order chi connectivity index (χ1) is 14.7. The summed E-state index contributed by atoms with van der Waals surface area (Å²) in [4.78, 5) is 4.42. The number of nitrogens with zero attached hydrogens (tertiary/aromatic N) is 4. The first-order valence-corrected chi connectivity index (χ1v) is 10.6. The molecule has 0 radical (unpaired) electrons. The van der Waals surface area contributed by atoms with E-state index in [-0.39, 0.29) is 6.79 Å². The van der Waals surface area contributed by atoms with E-state index in [9.17, 15) is 0 Å². The number of ether oxygens (including phenoxy) is 2. The molecule has 0 fully saturated rings. The lowest BCUT2D eigenvalue weighted by Crippen LogP contribution is -1.92. The lowest BCUT2D eigenvalue weighted by atomic mass is 10.2. The van der Waals surface area contributed by atoms with E-state index in [2.05, 4.69) is 20.3 Å². The molecule has 1 aliphatic rings. The van der Waals surface area contributed by atoms with Crippen molar-refractivity contribution in [3.05, 3.63) is 53.4 Å². The van der Waals surface area contributed by atoms with Gasteiger partial charge in [0.25, 0.3) is 5.22 Å². The maximum absolute atomic E-state index is 5.90. The van der Waals surface area contributed by atoms with Crippen molar-refractivity contribution in [2.75, 3.05) is 12.5 Å². The molecule has 5 rings (SSSR count). The van der Waals surface area contributed by atoms with E-state index in [1.807, 2.05) is 30.3 Å². The third-order valence-electron chi connectivity index (χ3n) is 4.36. The molecule has 2 aromatic heterocycles. The lowest BCUT2D eigenvalue weighted by molar-refractivity contribution is 0.174. The van der Waals surface area contributed by atoms with Crippen molar-refractivity contribution in [2.45, 2.75) is 18.1 Å². The van der Waals surface area contributed by atoms with Crippen LogP contribution < -0.4 is 9.47 Å². The molecule has 0 saturated heterocycles. The molecule has 3 heterocycles. The van der Waals surface area contributed by atoms with Crippen molar-refractivity contribution in [1.29, 1.82) is 0 Å². The Hall–Kier alpha value is -3.04. The van der Waals surface area contributed by atoms with Crippen molar-refractivity contribution in [2.24, 2.45) is 0 Å². The highest BCUT2D eigenvalue weighted by Crippen LogP contribution is 2.36. The van der Waals surface area contributed by atoms with Crippen LogP contribution in [0.2, 0.25) is 5.02 Å². The van der Waals surface area contributed by atoms with Gasteiger partial charge in [0.1, 0.15) is 0 Å². The molecule has 4 aromatic rings. The van der Waals surface area contributed by atoms with Crippen molar-refractivity contribution >= 4 is 23.4 Å². The zero-order valence-electron chi connectivity index (χ0n) is 15.6. The van der Waals surface area contributed by atoms with Gasteiger partial charge >= 0.3 is 0 Å². The van der Waals surface area contributed by atoms with E-state index < -0.39 is 0 Å². The third kappa shape index (κ3) is 4.12. The minimum absolute atomic E-state index is 0.227. The average Bonchev–Trinajstić information content (AvgIpc) is 3.51. The Morgan fingerprint density at radius 2 is 1.80 bits per heavy atom. The Morgan fingerprint density at radius 1 is 0.967 bits per heavy atom. The van der Waals surface area contributed by atoms with Crippen LogP contribution in [0.4, 0.5) is 0 Å². The van der Waals surface area contributed by atoms with E-state index in [0.29, 0.717) is 45.8 Å². The summed E-state index contributed by atoms with van der Waals surface area (Å²) < 4.78 is 21.8. The molecular formula is C20H15ClN4O4S. The number of aryl methyl sites for hydroxylation is 1. The monoisotopic (exact) mass is 442 g/mol. The van der Waals surface area contributed by atoms with E-state index in [4.69, 9.17) is 30.0 Å². The van der Waals surface area contributed by atoms with Crippen molar-refractivity contribution < 1.29 is 18.4 Å². The van der Waals surface area contributed by atoms with Gasteiger partial charge in [0.2, 0.25) is 24.4 Å². The molecule has 0 bridgehead atoms. The summed E-state index contributed by atoms with van der Waals surface area (Å²) >= 11 is 7.39. The molecule has 1 aliphatic heterocycles. The number of thioether (sulfide) groups is 1. The highest BCUT2D eigenvalue weighted by Gasteiger charge is 2.17. The van der Waals surface area contributed by atoms with Gasteiger partial charge in [-0.2, -0.15) is 4.98 Å². The highest BCUT2D eigenvalue weighted by atomic mass is 35.5. The van der Waals surface area contributed by atoms with E-state index in [1.54, 1.807) is 12.1 Å². The molecular weight excluding hydrogens is 428 g/mol. The Kier molecular flexibility index (Phi) is 5.29. The molecule has 2 aromatic carbocycles. The molecule has 0 unspecified atom stereocenters. The Labute approximate surface area is 180 Å². The number of fused-ring (bicyclic) bond motifs is 1. The molecule has 10 heteroatoms. The van der Waals surface area contributed by atoms with E-state index in [1.165, 1.54) is 11.8 Å². The second-order valence-corrected chi connectivity index (χ2v) is 7.89. The predicted molar refractivity (Wildman–Crippen MR) is 110 cm³/mol. The van der Waals surface area contributed by atoms with Crippen LogP contribution >= 0.6 is 23.4 Å². The van der Waals surface area contributed by atoms with Gasteiger partial charge in [0.15, 0.2) is 11.5 Å². The normalized spacial score (nSPS) is 12.4. The second-order valence-electron chi connectivity index (χ2n) is 6.41. The highest BCUT2D eigenvalue weighted by molar-refractivity contribution is 7.99. The second kappa shape index (κ2) is 8.37.